The molecule has 0 aliphatic carbocycles. The van der Waals surface area contributed by atoms with E-state index in [0.717, 1.165) is 28.2 Å². The maximum absolute atomic E-state index is 2.93. The summed E-state index contributed by atoms with van der Waals surface area (Å²) in [6, 6.07) is 95.9. The highest BCUT2D eigenvalue weighted by Gasteiger charge is 2.42. The highest BCUT2D eigenvalue weighted by molar-refractivity contribution is 7.20. The van der Waals surface area contributed by atoms with Gasteiger partial charge in [0.25, 0.3) is 0 Å². The van der Waals surface area contributed by atoms with E-state index >= 15 is 0 Å². The van der Waals surface area contributed by atoms with Gasteiger partial charge in [0.05, 0.1) is 11.4 Å². The van der Waals surface area contributed by atoms with Crippen molar-refractivity contribution >= 4 is 56.7 Å². The van der Waals surface area contributed by atoms with E-state index in [-0.39, 0.29) is 0 Å². The number of nitrogens with zero attached hydrogens (tertiary/aromatic N) is 1. The summed E-state index contributed by atoms with van der Waals surface area (Å²) < 4.78 is 0. The first-order valence-corrected chi connectivity index (χ1v) is 22.7. The Balaban J connectivity index is 1.28. The van der Waals surface area contributed by atoms with Gasteiger partial charge in [-0.25, -0.2) is 0 Å². The number of benzene rings is 10. The van der Waals surface area contributed by atoms with Gasteiger partial charge in [0.1, 0.15) is 0 Å². The molecule has 10 rings (SSSR count). The Bertz CT molecular complexity index is 2980. The van der Waals surface area contributed by atoms with Crippen molar-refractivity contribution in [1.29, 1.82) is 0 Å². The molecular formula is C58H43NSi. The standard InChI is InChI=1S/C58H43NSi/c1-6-21-44(22-7-1)49-38-40-58(56(42-49)47-26-10-3-11-27-47)59(57-36-19-18-35-55(57)46-24-8-2-9-25-46)50-29-20-34-53(43-50)60(51-30-12-4-13-31-51,52-32-14-5-15-33-52)54-39-37-45-23-16-17-28-48(45)41-54/h1-43H. The van der Waals surface area contributed by atoms with E-state index in [4.69, 9.17) is 0 Å². The summed E-state index contributed by atoms with van der Waals surface area (Å²) in [5.74, 6) is 0. The topological polar surface area (TPSA) is 3.24 Å². The third-order valence-corrected chi connectivity index (χ3v) is 16.5. The summed E-state index contributed by atoms with van der Waals surface area (Å²) in [6.07, 6.45) is 0. The molecule has 10 aromatic carbocycles. The lowest BCUT2D eigenvalue weighted by Crippen LogP contribution is -2.74. The van der Waals surface area contributed by atoms with Crippen LogP contribution in [-0.4, -0.2) is 8.07 Å². The Morgan fingerprint density at radius 3 is 1.38 bits per heavy atom. The van der Waals surface area contributed by atoms with E-state index in [0.29, 0.717) is 0 Å². The minimum absolute atomic E-state index is 1.10. The molecule has 0 saturated carbocycles. The van der Waals surface area contributed by atoms with E-state index in [2.05, 4.69) is 266 Å². The van der Waals surface area contributed by atoms with E-state index in [1.807, 2.05) is 0 Å². The summed E-state index contributed by atoms with van der Waals surface area (Å²) in [4.78, 5) is 2.50. The molecule has 0 aromatic heterocycles. The third-order valence-electron chi connectivity index (χ3n) is 11.8. The Kier molecular flexibility index (Phi) is 10.0. The summed E-state index contributed by atoms with van der Waals surface area (Å²) >= 11 is 0. The van der Waals surface area contributed by atoms with Gasteiger partial charge in [-0.05, 0) is 84.1 Å². The average Bonchev–Trinajstić information content (AvgIpc) is 3.34. The van der Waals surface area contributed by atoms with Crippen molar-refractivity contribution in [3.63, 3.8) is 0 Å². The molecule has 0 bridgehead atoms. The fourth-order valence-corrected chi connectivity index (χ4v) is 13.8. The lowest BCUT2D eigenvalue weighted by molar-refractivity contribution is 1.29. The molecule has 0 radical (unpaired) electrons. The van der Waals surface area contributed by atoms with E-state index < -0.39 is 8.07 Å². The van der Waals surface area contributed by atoms with Crippen molar-refractivity contribution in [2.75, 3.05) is 4.90 Å². The molecule has 2 heteroatoms. The van der Waals surface area contributed by atoms with Crippen LogP contribution in [0.3, 0.4) is 0 Å². The first-order chi connectivity index (χ1) is 29.8. The molecule has 10 aromatic rings. The fraction of sp³-hybridized carbons (Fsp3) is 0. The van der Waals surface area contributed by atoms with Gasteiger partial charge >= 0.3 is 0 Å². The molecule has 0 amide bonds. The van der Waals surface area contributed by atoms with Gasteiger partial charge in [-0.1, -0.05) is 231 Å². The Labute approximate surface area is 354 Å². The van der Waals surface area contributed by atoms with Gasteiger partial charge < -0.3 is 4.90 Å². The smallest absolute Gasteiger partial charge is 0.179 e. The maximum Gasteiger partial charge on any atom is 0.179 e. The van der Waals surface area contributed by atoms with Crippen molar-refractivity contribution in [3.05, 3.63) is 261 Å². The molecular weight excluding hydrogens is 739 g/mol. The average molecular weight is 782 g/mol. The zero-order valence-corrected chi connectivity index (χ0v) is 34.3. The normalized spacial score (nSPS) is 11.3. The third kappa shape index (κ3) is 6.83. The van der Waals surface area contributed by atoms with Crippen LogP contribution in [0, 0.1) is 0 Å². The van der Waals surface area contributed by atoms with Crippen LogP contribution in [0.15, 0.2) is 261 Å². The number of para-hydroxylation sites is 1. The quantitative estimate of drug-likeness (QED) is 0.0987. The van der Waals surface area contributed by atoms with Gasteiger partial charge in [-0.3, -0.25) is 0 Å². The SMILES string of the molecule is c1ccc(-c2ccc(N(c3cccc([Si](c4ccccc4)(c4ccccc4)c4ccc5ccccc5c4)c3)c3ccccc3-c3ccccc3)c(-c3ccccc3)c2)cc1. The zero-order valence-electron chi connectivity index (χ0n) is 33.3. The van der Waals surface area contributed by atoms with E-state index in [9.17, 15) is 0 Å². The van der Waals surface area contributed by atoms with Crippen LogP contribution in [0.2, 0.25) is 0 Å². The number of hydrogen-bond acceptors (Lipinski definition) is 1. The number of hydrogen-bond donors (Lipinski definition) is 0. The molecule has 0 spiro atoms. The Hall–Kier alpha value is -7.52. The number of rotatable bonds is 10. The van der Waals surface area contributed by atoms with Crippen LogP contribution < -0.4 is 25.6 Å². The van der Waals surface area contributed by atoms with E-state index in [1.165, 1.54) is 53.8 Å². The Morgan fingerprint density at radius 1 is 0.250 bits per heavy atom. The van der Waals surface area contributed by atoms with Crippen molar-refractivity contribution in [2.24, 2.45) is 0 Å². The van der Waals surface area contributed by atoms with Crippen LogP contribution >= 0.6 is 0 Å². The van der Waals surface area contributed by atoms with Crippen molar-refractivity contribution < 1.29 is 0 Å². The molecule has 0 unspecified atom stereocenters. The number of fused-ring (bicyclic) bond motifs is 1. The molecule has 0 fully saturated rings. The summed E-state index contributed by atoms with van der Waals surface area (Å²) in [7, 11) is -2.93. The molecule has 0 atom stereocenters. The zero-order chi connectivity index (χ0) is 40.1. The van der Waals surface area contributed by atoms with Crippen LogP contribution in [0.25, 0.3) is 44.2 Å². The fourth-order valence-electron chi connectivity index (χ4n) is 9.01. The molecule has 0 aliphatic rings. The summed E-state index contributed by atoms with van der Waals surface area (Å²) in [5.41, 5.74) is 10.4. The largest absolute Gasteiger partial charge is 0.309 e. The van der Waals surface area contributed by atoms with Gasteiger partial charge in [0.2, 0.25) is 0 Å². The molecule has 1 nitrogen and oxygen atoms in total. The molecule has 0 N–H and O–H groups in total. The summed E-state index contributed by atoms with van der Waals surface area (Å²) in [5, 5.41) is 7.85. The van der Waals surface area contributed by atoms with Crippen LogP contribution in [-0.2, 0) is 0 Å². The second kappa shape index (κ2) is 16.4. The monoisotopic (exact) mass is 781 g/mol. The highest BCUT2D eigenvalue weighted by atomic mass is 28.3. The van der Waals surface area contributed by atoms with Gasteiger partial charge in [0.15, 0.2) is 8.07 Å². The van der Waals surface area contributed by atoms with Crippen LogP contribution in [0.5, 0.6) is 0 Å². The highest BCUT2D eigenvalue weighted by Crippen LogP contribution is 2.45. The van der Waals surface area contributed by atoms with Gasteiger partial charge in [0, 0.05) is 16.8 Å². The molecule has 284 valence electrons. The minimum Gasteiger partial charge on any atom is -0.309 e. The second-order valence-electron chi connectivity index (χ2n) is 15.3. The lowest BCUT2D eigenvalue weighted by atomic mass is 9.95. The maximum atomic E-state index is 2.50. The van der Waals surface area contributed by atoms with Gasteiger partial charge in [-0.15, -0.1) is 0 Å². The molecule has 0 heterocycles. The predicted octanol–water partition coefficient (Wildman–Crippen LogP) is 12.7. The first kappa shape index (κ1) is 36.8. The number of anilines is 3. The van der Waals surface area contributed by atoms with E-state index in [1.54, 1.807) is 0 Å². The van der Waals surface area contributed by atoms with Gasteiger partial charge in [-0.2, -0.15) is 0 Å². The predicted molar refractivity (Wildman–Crippen MR) is 259 cm³/mol. The van der Waals surface area contributed by atoms with Crippen molar-refractivity contribution in [3.8, 4) is 33.4 Å². The van der Waals surface area contributed by atoms with Crippen LogP contribution in [0.4, 0.5) is 17.1 Å². The van der Waals surface area contributed by atoms with Crippen molar-refractivity contribution in [2.45, 2.75) is 0 Å². The minimum atomic E-state index is -2.93. The second-order valence-corrected chi connectivity index (χ2v) is 19.1. The summed E-state index contributed by atoms with van der Waals surface area (Å²) in [6.45, 7) is 0. The van der Waals surface area contributed by atoms with Crippen molar-refractivity contribution in [1.82, 2.24) is 0 Å². The molecule has 0 aliphatic heterocycles. The molecule has 0 saturated heterocycles. The van der Waals surface area contributed by atoms with Crippen LogP contribution in [0.1, 0.15) is 0 Å². The lowest BCUT2D eigenvalue weighted by Gasteiger charge is -2.36. The molecule has 60 heavy (non-hydrogen) atoms. The first-order valence-electron chi connectivity index (χ1n) is 20.7. The Morgan fingerprint density at radius 2 is 0.733 bits per heavy atom.